The third-order valence-corrected chi connectivity index (χ3v) is 5.95. The Morgan fingerprint density at radius 2 is 1.78 bits per heavy atom. The minimum Gasteiger partial charge on any atom is -0.348 e. The van der Waals surface area contributed by atoms with Gasteiger partial charge in [0, 0.05) is 5.02 Å². The second-order valence-corrected chi connectivity index (χ2v) is 9.25. The average Bonchev–Trinajstić information content (AvgIpc) is 2.56. The van der Waals surface area contributed by atoms with E-state index < -0.39 is 22.5 Å². The standard InChI is InChI=1S/C19H22Cl2N2O3S/c1-12-5-6-15(9-13(12)2)14(3)22-19(24)11-23(27(4,25)26)18-10-16(20)7-8-17(18)21/h5-10,14H,11H2,1-4H3,(H,22,24)/t14-/m1/s1. The van der Waals surface area contributed by atoms with Gasteiger partial charge >= 0.3 is 0 Å². The third kappa shape index (κ3) is 5.61. The topological polar surface area (TPSA) is 66.5 Å². The fourth-order valence-corrected chi connectivity index (χ4v) is 3.89. The SMILES string of the molecule is Cc1ccc([C@@H](C)NC(=O)CN(c2cc(Cl)ccc2Cl)S(C)(=O)=O)cc1C. The molecule has 5 nitrogen and oxygen atoms in total. The van der Waals surface area contributed by atoms with Crippen molar-refractivity contribution in [3.63, 3.8) is 0 Å². The van der Waals surface area contributed by atoms with E-state index in [0.717, 1.165) is 27.3 Å². The summed E-state index contributed by atoms with van der Waals surface area (Å²) < 4.78 is 25.4. The van der Waals surface area contributed by atoms with Gasteiger partial charge < -0.3 is 5.32 Å². The van der Waals surface area contributed by atoms with Gasteiger partial charge in [-0.3, -0.25) is 9.10 Å². The largest absolute Gasteiger partial charge is 0.348 e. The number of hydrogen-bond donors (Lipinski definition) is 1. The van der Waals surface area contributed by atoms with Crippen LogP contribution in [0.2, 0.25) is 10.0 Å². The fraction of sp³-hybridized carbons (Fsp3) is 0.316. The lowest BCUT2D eigenvalue weighted by molar-refractivity contribution is -0.120. The van der Waals surface area contributed by atoms with Crippen molar-refractivity contribution in [2.24, 2.45) is 0 Å². The maximum absolute atomic E-state index is 12.5. The quantitative estimate of drug-likeness (QED) is 0.747. The molecule has 0 heterocycles. The second kappa shape index (κ2) is 8.50. The summed E-state index contributed by atoms with van der Waals surface area (Å²) in [6.07, 6.45) is 1.02. The molecule has 0 bridgehead atoms. The summed E-state index contributed by atoms with van der Waals surface area (Å²) in [5, 5.41) is 3.35. The van der Waals surface area contributed by atoms with Gasteiger partial charge in [-0.2, -0.15) is 0 Å². The van der Waals surface area contributed by atoms with Crippen LogP contribution in [-0.2, 0) is 14.8 Å². The Labute approximate surface area is 170 Å². The van der Waals surface area contributed by atoms with Crippen molar-refractivity contribution >= 4 is 44.8 Å². The van der Waals surface area contributed by atoms with E-state index in [1.54, 1.807) is 6.07 Å². The molecule has 0 saturated carbocycles. The van der Waals surface area contributed by atoms with Crippen LogP contribution in [0.15, 0.2) is 36.4 Å². The van der Waals surface area contributed by atoms with Crippen LogP contribution >= 0.6 is 23.2 Å². The van der Waals surface area contributed by atoms with Gasteiger partial charge in [0.25, 0.3) is 0 Å². The molecule has 0 aliphatic carbocycles. The Morgan fingerprint density at radius 3 is 2.37 bits per heavy atom. The number of carbonyl (C=O) groups excluding carboxylic acids is 1. The van der Waals surface area contributed by atoms with E-state index in [0.29, 0.717) is 5.02 Å². The van der Waals surface area contributed by atoms with Crippen molar-refractivity contribution in [2.45, 2.75) is 26.8 Å². The van der Waals surface area contributed by atoms with Gasteiger partial charge in [0.15, 0.2) is 0 Å². The van der Waals surface area contributed by atoms with E-state index in [1.165, 1.54) is 12.1 Å². The van der Waals surface area contributed by atoms with Gasteiger partial charge in [-0.15, -0.1) is 0 Å². The zero-order valence-corrected chi connectivity index (χ0v) is 17.9. The highest BCUT2D eigenvalue weighted by atomic mass is 35.5. The van der Waals surface area contributed by atoms with Gasteiger partial charge in [-0.1, -0.05) is 41.4 Å². The molecule has 0 radical (unpaired) electrons. The normalized spacial score (nSPS) is 12.5. The number of rotatable bonds is 6. The van der Waals surface area contributed by atoms with Crippen LogP contribution in [-0.4, -0.2) is 27.1 Å². The Balaban J connectivity index is 2.21. The van der Waals surface area contributed by atoms with Crippen molar-refractivity contribution in [2.75, 3.05) is 17.1 Å². The highest BCUT2D eigenvalue weighted by Gasteiger charge is 2.24. The first-order chi connectivity index (χ1) is 12.5. The summed E-state index contributed by atoms with van der Waals surface area (Å²) in [6.45, 7) is 5.47. The summed E-state index contributed by atoms with van der Waals surface area (Å²) in [6, 6.07) is 10.1. The lowest BCUT2D eigenvalue weighted by Crippen LogP contribution is -2.41. The van der Waals surface area contributed by atoms with Gasteiger partial charge in [0.2, 0.25) is 15.9 Å². The number of halogens is 2. The number of nitrogens with one attached hydrogen (secondary N) is 1. The predicted octanol–water partition coefficient (Wildman–Crippen LogP) is 4.25. The summed E-state index contributed by atoms with van der Waals surface area (Å²) in [7, 11) is -3.74. The zero-order chi connectivity index (χ0) is 20.4. The Hall–Kier alpha value is -1.76. The molecule has 0 unspecified atom stereocenters. The molecule has 0 spiro atoms. The van der Waals surface area contributed by atoms with Crippen LogP contribution in [0.3, 0.4) is 0 Å². The van der Waals surface area contributed by atoms with Crippen LogP contribution in [0.1, 0.15) is 29.7 Å². The summed E-state index contributed by atoms with van der Waals surface area (Å²) >= 11 is 12.1. The predicted molar refractivity (Wildman–Crippen MR) is 111 cm³/mol. The minimum absolute atomic E-state index is 0.167. The Morgan fingerprint density at radius 1 is 1.11 bits per heavy atom. The zero-order valence-electron chi connectivity index (χ0n) is 15.6. The monoisotopic (exact) mass is 428 g/mol. The lowest BCUT2D eigenvalue weighted by Gasteiger charge is -2.24. The summed E-state index contributed by atoms with van der Waals surface area (Å²) in [5.41, 5.74) is 3.40. The molecule has 27 heavy (non-hydrogen) atoms. The van der Waals surface area contributed by atoms with Gasteiger partial charge in [-0.05, 0) is 55.7 Å². The van der Waals surface area contributed by atoms with E-state index in [4.69, 9.17) is 23.2 Å². The number of anilines is 1. The molecule has 0 aliphatic heterocycles. The highest BCUT2D eigenvalue weighted by Crippen LogP contribution is 2.30. The molecular weight excluding hydrogens is 407 g/mol. The molecule has 0 aliphatic rings. The van der Waals surface area contributed by atoms with E-state index in [2.05, 4.69) is 5.32 Å². The van der Waals surface area contributed by atoms with Crippen LogP contribution in [0.5, 0.6) is 0 Å². The first kappa shape index (κ1) is 21.5. The van der Waals surface area contributed by atoms with Crippen molar-refractivity contribution in [3.8, 4) is 0 Å². The number of sulfonamides is 1. The van der Waals surface area contributed by atoms with Crippen molar-refractivity contribution in [3.05, 3.63) is 63.1 Å². The maximum atomic E-state index is 12.5. The summed E-state index contributed by atoms with van der Waals surface area (Å²) in [4.78, 5) is 12.5. The van der Waals surface area contributed by atoms with Crippen molar-refractivity contribution < 1.29 is 13.2 Å². The van der Waals surface area contributed by atoms with Gasteiger partial charge in [-0.25, -0.2) is 8.42 Å². The van der Waals surface area contributed by atoms with Crippen molar-refractivity contribution in [1.29, 1.82) is 0 Å². The highest BCUT2D eigenvalue weighted by molar-refractivity contribution is 7.92. The van der Waals surface area contributed by atoms with Gasteiger partial charge in [0.05, 0.1) is 23.0 Å². The van der Waals surface area contributed by atoms with Gasteiger partial charge in [0.1, 0.15) is 6.54 Å². The number of carbonyl (C=O) groups is 1. The smallest absolute Gasteiger partial charge is 0.241 e. The molecular formula is C19H22Cl2N2O3S. The maximum Gasteiger partial charge on any atom is 0.241 e. The van der Waals surface area contributed by atoms with Crippen LogP contribution in [0.25, 0.3) is 0 Å². The molecule has 1 N–H and O–H groups in total. The van der Waals surface area contributed by atoms with Crippen LogP contribution in [0.4, 0.5) is 5.69 Å². The third-order valence-electron chi connectivity index (χ3n) is 4.27. The number of benzene rings is 2. The molecule has 1 amide bonds. The molecule has 1 atom stereocenters. The van der Waals surface area contributed by atoms with E-state index in [-0.39, 0.29) is 16.8 Å². The molecule has 0 aromatic heterocycles. The lowest BCUT2D eigenvalue weighted by atomic mass is 10.0. The molecule has 146 valence electrons. The first-order valence-electron chi connectivity index (χ1n) is 8.28. The average molecular weight is 429 g/mol. The first-order valence-corrected chi connectivity index (χ1v) is 10.9. The van der Waals surface area contributed by atoms with Crippen molar-refractivity contribution in [1.82, 2.24) is 5.32 Å². The van der Waals surface area contributed by atoms with E-state index >= 15 is 0 Å². The molecule has 0 saturated heterocycles. The number of aryl methyl sites for hydroxylation is 2. The minimum atomic E-state index is -3.74. The molecule has 0 fully saturated rings. The fourth-order valence-electron chi connectivity index (χ4n) is 2.59. The van der Waals surface area contributed by atoms with E-state index in [1.807, 2.05) is 39.0 Å². The number of nitrogens with zero attached hydrogens (tertiary/aromatic N) is 1. The number of hydrogen-bond acceptors (Lipinski definition) is 3. The molecule has 2 aromatic carbocycles. The number of amides is 1. The Bertz CT molecular complexity index is 961. The second-order valence-electron chi connectivity index (χ2n) is 6.50. The van der Waals surface area contributed by atoms with Crippen LogP contribution in [0, 0.1) is 13.8 Å². The molecule has 2 aromatic rings. The molecule has 2 rings (SSSR count). The molecule has 8 heteroatoms. The van der Waals surface area contributed by atoms with Crippen LogP contribution < -0.4 is 9.62 Å². The Kier molecular flexibility index (Phi) is 6.78. The van der Waals surface area contributed by atoms with E-state index in [9.17, 15) is 13.2 Å². The summed E-state index contributed by atoms with van der Waals surface area (Å²) in [5.74, 6) is -0.442.